The first kappa shape index (κ1) is 15.5. The van der Waals surface area contributed by atoms with E-state index in [0.29, 0.717) is 6.10 Å². The first-order valence-corrected chi connectivity index (χ1v) is 7.70. The van der Waals surface area contributed by atoms with Crippen LogP contribution in [0.1, 0.15) is 30.5 Å². The zero-order valence-electron chi connectivity index (χ0n) is 11.8. The highest BCUT2D eigenvalue weighted by atomic mass is 35.5. The molecule has 1 aliphatic heterocycles. The Bertz CT molecular complexity index is 581. The van der Waals surface area contributed by atoms with Gasteiger partial charge in [-0.1, -0.05) is 6.92 Å². The number of anilines is 1. The maximum absolute atomic E-state index is 5.64. The van der Waals surface area contributed by atoms with Gasteiger partial charge in [-0.15, -0.1) is 11.3 Å². The van der Waals surface area contributed by atoms with Crippen LogP contribution in [0.4, 0.5) is 5.82 Å². The predicted molar refractivity (Wildman–Crippen MR) is 79.0 cm³/mol. The first-order valence-electron chi connectivity index (χ1n) is 6.89. The molecule has 1 fully saturated rings. The molecule has 2 aromatic heterocycles. The van der Waals surface area contributed by atoms with Crippen LogP contribution in [0.15, 0.2) is 6.07 Å². The van der Waals surface area contributed by atoms with Gasteiger partial charge in [0.05, 0.1) is 11.5 Å². The maximum atomic E-state index is 5.64. The fourth-order valence-electron chi connectivity index (χ4n) is 2.40. The van der Waals surface area contributed by atoms with Crippen molar-refractivity contribution in [3.8, 4) is 0 Å². The lowest BCUT2D eigenvalue weighted by Gasteiger charge is -2.12. The number of fused-ring (bicyclic) bond motifs is 1. The number of aryl methyl sites for hydroxylation is 2. The van der Waals surface area contributed by atoms with Gasteiger partial charge in [-0.3, -0.25) is 0 Å². The van der Waals surface area contributed by atoms with Gasteiger partial charge in [0.25, 0.3) is 0 Å². The van der Waals surface area contributed by atoms with Crippen molar-refractivity contribution in [2.24, 2.45) is 0 Å². The van der Waals surface area contributed by atoms with Gasteiger partial charge in [-0.05, 0) is 32.3 Å². The summed E-state index contributed by atoms with van der Waals surface area (Å²) in [6, 6.07) is 2.21. The molecule has 6 heteroatoms. The molecule has 1 N–H and O–H groups in total. The van der Waals surface area contributed by atoms with Crippen molar-refractivity contribution in [1.82, 2.24) is 9.97 Å². The van der Waals surface area contributed by atoms with Gasteiger partial charge in [-0.25, -0.2) is 9.97 Å². The van der Waals surface area contributed by atoms with Crippen LogP contribution in [0.3, 0.4) is 0 Å². The average Bonchev–Trinajstić information content (AvgIpc) is 3.04. The summed E-state index contributed by atoms with van der Waals surface area (Å²) in [5.41, 5.74) is 0. The van der Waals surface area contributed by atoms with E-state index in [1.54, 1.807) is 11.3 Å². The highest BCUT2D eigenvalue weighted by Crippen LogP contribution is 2.29. The number of nitrogens with one attached hydrogen (secondary N) is 1. The topological polar surface area (TPSA) is 47.0 Å². The van der Waals surface area contributed by atoms with Crippen LogP contribution < -0.4 is 17.7 Å². The molecule has 20 heavy (non-hydrogen) atoms. The number of halogens is 1. The Balaban J connectivity index is 0.00000147. The molecule has 1 saturated heterocycles. The molecule has 1 atom stereocenters. The molecule has 4 nitrogen and oxygen atoms in total. The SMILES string of the molecule is CCc1cc2c(NCC3CCCO3)nc(C)nc2s1.[Cl-]. The molecule has 1 unspecified atom stereocenters. The monoisotopic (exact) mass is 312 g/mol. The van der Waals surface area contributed by atoms with E-state index < -0.39 is 0 Å². The van der Waals surface area contributed by atoms with E-state index in [1.807, 2.05) is 6.92 Å². The third-order valence-electron chi connectivity index (χ3n) is 3.43. The smallest absolute Gasteiger partial charge is 0.138 e. The van der Waals surface area contributed by atoms with E-state index >= 15 is 0 Å². The molecule has 110 valence electrons. The number of hydrogen-bond acceptors (Lipinski definition) is 5. The number of ether oxygens (including phenoxy) is 1. The summed E-state index contributed by atoms with van der Waals surface area (Å²) >= 11 is 1.76. The van der Waals surface area contributed by atoms with Crippen LogP contribution in [-0.2, 0) is 11.2 Å². The second kappa shape index (κ2) is 6.70. The fraction of sp³-hybridized carbons (Fsp3) is 0.571. The van der Waals surface area contributed by atoms with E-state index in [9.17, 15) is 0 Å². The molecule has 1 aliphatic rings. The van der Waals surface area contributed by atoms with E-state index in [1.165, 1.54) is 11.3 Å². The first-order chi connectivity index (χ1) is 9.26. The minimum Gasteiger partial charge on any atom is -1.00 e. The van der Waals surface area contributed by atoms with Crippen LogP contribution >= 0.6 is 11.3 Å². The zero-order chi connectivity index (χ0) is 13.2. The lowest BCUT2D eigenvalue weighted by atomic mass is 10.2. The summed E-state index contributed by atoms with van der Waals surface area (Å²) in [5.74, 6) is 1.78. The van der Waals surface area contributed by atoms with E-state index in [4.69, 9.17) is 4.74 Å². The van der Waals surface area contributed by atoms with Gasteiger partial charge >= 0.3 is 0 Å². The summed E-state index contributed by atoms with van der Waals surface area (Å²) < 4.78 is 5.64. The van der Waals surface area contributed by atoms with Gasteiger partial charge < -0.3 is 22.5 Å². The summed E-state index contributed by atoms with van der Waals surface area (Å²) in [4.78, 5) is 11.5. The van der Waals surface area contributed by atoms with Gasteiger partial charge in [0, 0.05) is 18.0 Å². The molecule has 0 aromatic carbocycles. The lowest BCUT2D eigenvalue weighted by molar-refractivity contribution is -0.00000530. The molecule has 0 spiro atoms. The molecule has 0 radical (unpaired) electrons. The highest BCUT2D eigenvalue weighted by Gasteiger charge is 2.16. The van der Waals surface area contributed by atoms with E-state index in [2.05, 4.69) is 28.3 Å². The standard InChI is InChI=1S/C14H19N3OS.ClH/c1-3-11-7-12-13(15-8-10-5-4-6-18-10)16-9(2)17-14(12)19-11;/h7,10H,3-6,8H2,1-2H3,(H,15,16,17);1H/p-1. The predicted octanol–water partition coefficient (Wildman–Crippen LogP) is 0.157. The number of hydrogen-bond donors (Lipinski definition) is 1. The number of nitrogens with zero attached hydrogens (tertiary/aromatic N) is 2. The Morgan fingerprint density at radius 2 is 2.30 bits per heavy atom. The third-order valence-corrected chi connectivity index (χ3v) is 4.60. The van der Waals surface area contributed by atoms with Crippen molar-refractivity contribution in [2.75, 3.05) is 18.5 Å². The van der Waals surface area contributed by atoms with Gasteiger partial charge in [0.2, 0.25) is 0 Å². The molecule has 0 aliphatic carbocycles. The normalized spacial score (nSPS) is 18.2. The van der Waals surface area contributed by atoms with Gasteiger partial charge in [0.1, 0.15) is 16.5 Å². The van der Waals surface area contributed by atoms with E-state index in [0.717, 1.165) is 47.9 Å². The molecular formula is C14H19ClN3OS-. The van der Waals surface area contributed by atoms with Crippen molar-refractivity contribution in [3.05, 3.63) is 16.8 Å². The van der Waals surface area contributed by atoms with Crippen molar-refractivity contribution < 1.29 is 17.1 Å². The Morgan fingerprint density at radius 3 is 3.00 bits per heavy atom. The lowest BCUT2D eigenvalue weighted by Crippen LogP contribution is -3.00. The van der Waals surface area contributed by atoms with Gasteiger partial charge in [0.15, 0.2) is 0 Å². The zero-order valence-corrected chi connectivity index (χ0v) is 13.4. The Hall–Kier alpha value is -0.910. The summed E-state index contributed by atoms with van der Waals surface area (Å²) in [7, 11) is 0. The van der Waals surface area contributed by atoms with Crippen LogP contribution in [0, 0.1) is 6.92 Å². The average molecular weight is 313 g/mol. The molecule has 2 aromatic rings. The number of rotatable bonds is 4. The van der Waals surface area contributed by atoms with Crippen molar-refractivity contribution in [1.29, 1.82) is 0 Å². The maximum Gasteiger partial charge on any atom is 0.138 e. The molecule has 0 amide bonds. The molecule has 0 bridgehead atoms. The fourth-order valence-corrected chi connectivity index (χ4v) is 3.42. The summed E-state index contributed by atoms with van der Waals surface area (Å²) in [5, 5.41) is 4.58. The quantitative estimate of drug-likeness (QED) is 0.873. The third kappa shape index (κ3) is 3.22. The molecular weight excluding hydrogens is 294 g/mol. The molecule has 3 rings (SSSR count). The number of aromatic nitrogens is 2. The number of thiophene rings is 1. The van der Waals surface area contributed by atoms with Crippen molar-refractivity contribution in [3.63, 3.8) is 0 Å². The second-order valence-corrected chi connectivity index (χ2v) is 6.04. The van der Waals surface area contributed by atoms with Crippen molar-refractivity contribution in [2.45, 2.75) is 39.2 Å². The Kier molecular flexibility index (Phi) is 5.18. The highest BCUT2D eigenvalue weighted by molar-refractivity contribution is 7.18. The van der Waals surface area contributed by atoms with Gasteiger partial charge in [-0.2, -0.15) is 0 Å². The van der Waals surface area contributed by atoms with Crippen LogP contribution in [0.25, 0.3) is 10.2 Å². The van der Waals surface area contributed by atoms with Crippen molar-refractivity contribution >= 4 is 27.4 Å². The van der Waals surface area contributed by atoms with E-state index in [-0.39, 0.29) is 12.4 Å². The Morgan fingerprint density at radius 1 is 1.45 bits per heavy atom. The minimum atomic E-state index is 0. The molecule has 0 saturated carbocycles. The van der Waals surface area contributed by atoms with Crippen LogP contribution in [0.2, 0.25) is 0 Å². The summed E-state index contributed by atoms with van der Waals surface area (Å²) in [6.07, 6.45) is 3.69. The molecule has 3 heterocycles. The largest absolute Gasteiger partial charge is 1.00 e. The second-order valence-electron chi connectivity index (χ2n) is 4.92. The van der Waals surface area contributed by atoms with Crippen LogP contribution in [0.5, 0.6) is 0 Å². The Labute approximate surface area is 129 Å². The summed E-state index contributed by atoms with van der Waals surface area (Å²) in [6.45, 7) is 5.85. The minimum absolute atomic E-state index is 0. The van der Waals surface area contributed by atoms with Crippen LogP contribution in [-0.4, -0.2) is 29.2 Å².